The number of carbonyl (C=O) groups excluding carboxylic acids is 1. The van der Waals surface area contributed by atoms with Crippen LogP contribution >= 0.6 is 0 Å². The summed E-state index contributed by atoms with van der Waals surface area (Å²) >= 11 is 0. The second-order valence-corrected chi connectivity index (χ2v) is 6.77. The van der Waals surface area contributed by atoms with E-state index < -0.39 is 0 Å². The fourth-order valence-electron chi connectivity index (χ4n) is 2.88. The van der Waals surface area contributed by atoms with Crippen molar-refractivity contribution >= 4 is 5.97 Å². The largest absolute Gasteiger partial charge is 0.457 e. The van der Waals surface area contributed by atoms with Gasteiger partial charge in [0.2, 0.25) is 0 Å². The van der Waals surface area contributed by atoms with E-state index in [0.29, 0.717) is 5.82 Å². The number of ether oxygens (including phenoxy) is 1. The van der Waals surface area contributed by atoms with Gasteiger partial charge in [0.05, 0.1) is 5.92 Å². The third-order valence-corrected chi connectivity index (χ3v) is 3.71. The van der Waals surface area contributed by atoms with E-state index in [2.05, 4.69) is 29.1 Å². The minimum atomic E-state index is -0.255. The molecule has 0 aromatic carbocycles. The van der Waals surface area contributed by atoms with E-state index in [1.54, 1.807) is 12.4 Å². The van der Waals surface area contributed by atoms with E-state index in [-0.39, 0.29) is 29.6 Å². The van der Waals surface area contributed by atoms with Crippen LogP contribution in [-0.2, 0) is 16.1 Å². The van der Waals surface area contributed by atoms with Gasteiger partial charge < -0.3 is 10.1 Å². The summed E-state index contributed by atoms with van der Waals surface area (Å²) in [5, 5.41) is 3.47. The van der Waals surface area contributed by atoms with Crippen molar-refractivity contribution in [2.75, 3.05) is 0 Å². The van der Waals surface area contributed by atoms with Crippen molar-refractivity contribution in [1.29, 1.82) is 0 Å². The van der Waals surface area contributed by atoms with Gasteiger partial charge >= 0.3 is 5.97 Å². The van der Waals surface area contributed by atoms with Crippen LogP contribution in [0.3, 0.4) is 0 Å². The van der Waals surface area contributed by atoms with Crippen LogP contribution in [0.4, 0.5) is 0 Å². The maximum atomic E-state index is 12.3. The number of rotatable bonds is 3. The van der Waals surface area contributed by atoms with Crippen LogP contribution in [0.15, 0.2) is 12.4 Å². The predicted octanol–water partition coefficient (Wildman–Crippen LogP) is 1.99. The summed E-state index contributed by atoms with van der Waals surface area (Å²) in [6, 6.07) is 0. The van der Waals surface area contributed by atoms with Gasteiger partial charge in [-0.1, -0.05) is 0 Å². The van der Waals surface area contributed by atoms with Crippen LogP contribution in [-0.4, -0.2) is 27.0 Å². The Balaban J connectivity index is 1.97. The molecule has 110 valence electrons. The zero-order chi connectivity index (χ0) is 15.0. The van der Waals surface area contributed by atoms with Gasteiger partial charge in [-0.2, -0.15) is 0 Å². The minimum absolute atomic E-state index is 0.0481. The van der Waals surface area contributed by atoms with E-state index in [9.17, 15) is 4.79 Å². The molecule has 2 heterocycles. The number of nitrogens with zero attached hydrogens (tertiary/aromatic N) is 2. The first kappa shape index (κ1) is 14.9. The van der Waals surface area contributed by atoms with Crippen molar-refractivity contribution < 1.29 is 9.53 Å². The highest BCUT2D eigenvalue weighted by molar-refractivity contribution is 5.74. The molecular weight excluding hydrogens is 254 g/mol. The van der Waals surface area contributed by atoms with Crippen LogP contribution in [0, 0.1) is 12.8 Å². The second kappa shape index (κ2) is 5.13. The number of esters is 1. The van der Waals surface area contributed by atoms with E-state index in [4.69, 9.17) is 4.74 Å². The second-order valence-electron chi connectivity index (χ2n) is 6.77. The van der Waals surface area contributed by atoms with Gasteiger partial charge in [-0.25, -0.2) is 9.97 Å². The molecule has 1 unspecified atom stereocenters. The highest BCUT2D eigenvalue weighted by atomic mass is 16.5. The molecule has 0 spiro atoms. The van der Waals surface area contributed by atoms with Gasteiger partial charge in [-0.3, -0.25) is 4.79 Å². The van der Waals surface area contributed by atoms with E-state index >= 15 is 0 Å². The first-order chi connectivity index (χ1) is 9.20. The van der Waals surface area contributed by atoms with Gasteiger partial charge in [0.15, 0.2) is 12.4 Å². The van der Waals surface area contributed by atoms with Crippen LogP contribution in [0.5, 0.6) is 0 Å². The predicted molar refractivity (Wildman–Crippen MR) is 76.0 cm³/mol. The number of hydrogen-bond acceptors (Lipinski definition) is 5. The Morgan fingerprint density at radius 2 is 1.95 bits per heavy atom. The Morgan fingerprint density at radius 3 is 2.45 bits per heavy atom. The molecule has 0 saturated carbocycles. The zero-order valence-corrected chi connectivity index (χ0v) is 12.9. The summed E-state index contributed by atoms with van der Waals surface area (Å²) in [6.45, 7) is 10.3. The lowest BCUT2D eigenvalue weighted by molar-refractivity contribution is -0.151. The van der Waals surface area contributed by atoms with E-state index in [1.807, 2.05) is 20.8 Å². The molecule has 0 bridgehead atoms. The molecule has 2 rings (SSSR count). The zero-order valence-electron chi connectivity index (χ0n) is 12.9. The van der Waals surface area contributed by atoms with Crippen molar-refractivity contribution in [1.82, 2.24) is 15.3 Å². The Hall–Kier alpha value is -1.49. The number of aryl methyl sites for hydroxylation is 1. The highest BCUT2D eigenvalue weighted by Crippen LogP contribution is 2.36. The van der Waals surface area contributed by atoms with Gasteiger partial charge in [-0.05, 0) is 46.6 Å². The lowest BCUT2D eigenvalue weighted by Gasteiger charge is -2.27. The smallest absolute Gasteiger partial charge is 0.311 e. The average Bonchev–Trinajstić information content (AvgIpc) is 2.56. The molecule has 1 aliphatic heterocycles. The average molecular weight is 277 g/mol. The third-order valence-electron chi connectivity index (χ3n) is 3.71. The molecule has 1 fully saturated rings. The summed E-state index contributed by atoms with van der Waals surface area (Å²) < 4.78 is 5.38. The van der Waals surface area contributed by atoms with Gasteiger partial charge in [0, 0.05) is 23.5 Å². The molecule has 5 nitrogen and oxygen atoms in total. The first-order valence-corrected chi connectivity index (χ1v) is 6.93. The van der Waals surface area contributed by atoms with Crippen LogP contribution < -0.4 is 5.32 Å². The number of aromatic nitrogens is 2. The van der Waals surface area contributed by atoms with Gasteiger partial charge in [-0.15, -0.1) is 0 Å². The topological polar surface area (TPSA) is 64.1 Å². The van der Waals surface area contributed by atoms with E-state index in [1.165, 1.54) is 0 Å². The molecule has 1 aromatic heterocycles. The van der Waals surface area contributed by atoms with Crippen molar-refractivity contribution in [3.63, 3.8) is 0 Å². The molecule has 20 heavy (non-hydrogen) atoms. The summed E-state index contributed by atoms with van der Waals surface area (Å²) in [5.74, 6) is 0.201. The molecule has 1 atom stereocenters. The fourth-order valence-corrected chi connectivity index (χ4v) is 2.88. The minimum Gasteiger partial charge on any atom is -0.457 e. The van der Waals surface area contributed by atoms with Crippen LogP contribution in [0.1, 0.15) is 45.5 Å². The summed E-state index contributed by atoms with van der Waals surface area (Å²) in [6.07, 6.45) is 4.22. The normalized spacial score (nSPS) is 23.6. The molecule has 1 aromatic rings. The summed E-state index contributed by atoms with van der Waals surface area (Å²) in [7, 11) is 0. The number of hydrogen-bond donors (Lipinski definition) is 1. The monoisotopic (exact) mass is 277 g/mol. The van der Waals surface area contributed by atoms with Gasteiger partial charge in [0.25, 0.3) is 0 Å². The number of nitrogens with one attached hydrogen (secondary N) is 1. The Labute approximate surface area is 120 Å². The van der Waals surface area contributed by atoms with Crippen molar-refractivity contribution in [3.8, 4) is 0 Å². The number of carbonyl (C=O) groups is 1. The van der Waals surface area contributed by atoms with Crippen molar-refractivity contribution in [3.05, 3.63) is 23.8 Å². The van der Waals surface area contributed by atoms with E-state index in [0.717, 1.165) is 12.0 Å². The maximum absolute atomic E-state index is 12.3. The lowest BCUT2D eigenvalue weighted by Crippen LogP contribution is -2.46. The molecule has 1 N–H and O–H groups in total. The van der Waals surface area contributed by atoms with Gasteiger partial charge in [0.1, 0.15) is 0 Å². The standard InChI is InChI=1S/C15H23N3O2/c1-10-7-16-12(17-8-10)9-20-13(19)11-6-14(2,3)18-15(11,4)5/h7-8,11,18H,6,9H2,1-5H3. The molecule has 1 aliphatic rings. The summed E-state index contributed by atoms with van der Waals surface area (Å²) in [4.78, 5) is 20.5. The van der Waals surface area contributed by atoms with Crippen LogP contribution in [0.2, 0.25) is 0 Å². The molecular formula is C15H23N3O2. The first-order valence-electron chi connectivity index (χ1n) is 6.93. The molecule has 0 radical (unpaired) electrons. The quantitative estimate of drug-likeness (QED) is 0.856. The molecule has 1 saturated heterocycles. The molecule has 0 aliphatic carbocycles. The third kappa shape index (κ3) is 3.33. The van der Waals surface area contributed by atoms with Crippen LogP contribution in [0.25, 0.3) is 0 Å². The lowest BCUT2D eigenvalue weighted by atomic mass is 9.87. The molecule has 0 amide bonds. The summed E-state index contributed by atoms with van der Waals surface area (Å²) in [5.41, 5.74) is 0.686. The van der Waals surface area contributed by atoms with Crippen molar-refractivity contribution in [2.45, 2.75) is 58.7 Å². The maximum Gasteiger partial charge on any atom is 0.311 e. The Bertz CT molecular complexity index is 494. The Morgan fingerprint density at radius 1 is 1.35 bits per heavy atom. The highest BCUT2D eigenvalue weighted by Gasteiger charge is 2.48. The molecule has 5 heteroatoms. The van der Waals surface area contributed by atoms with Crippen molar-refractivity contribution in [2.24, 2.45) is 5.92 Å². The Kier molecular flexibility index (Phi) is 3.82. The fraction of sp³-hybridized carbons (Fsp3) is 0.667. The SMILES string of the molecule is Cc1cnc(COC(=O)C2CC(C)(C)NC2(C)C)nc1.